The van der Waals surface area contributed by atoms with Gasteiger partial charge in [0.05, 0.1) is 12.6 Å². The van der Waals surface area contributed by atoms with E-state index in [1.165, 1.54) is 0 Å². The summed E-state index contributed by atoms with van der Waals surface area (Å²) in [7, 11) is 0. The van der Waals surface area contributed by atoms with Gasteiger partial charge in [0.2, 0.25) is 0 Å². The lowest BCUT2D eigenvalue weighted by molar-refractivity contribution is 0.187. The van der Waals surface area contributed by atoms with Crippen molar-refractivity contribution in [1.29, 1.82) is 0 Å². The van der Waals surface area contributed by atoms with Crippen LogP contribution in [0.1, 0.15) is 11.7 Å². The highest BCUT2D eigenvalue weighted by Crippen LogP contribution is 2.17. The van der Waals surface area contributed by atoms with Crippen LogP contribution in [0.5, 0.6) is 0 Å². The molecule has 1 aromatic carbocycles. The second kappa shape index (κ2) is 6.93. The summed E-state index contributed by atoms with van der Waals surface area (Å²) in [6.07, 6.45) is 0.966. The third-order valence-electron chi connectivity index (χ3n) is 2.10. The van der Waals surface area contributed by atoms with Crippen LogP contribution >= 0.6 is 11.6 Å². The third kappa shape index (κ3) is 4.89. The van der Waals surface area contributed by atoms with Gasteiger partial charge in [0, 0.05) is 11.6 Å². The Labute approximate surface area is 106 Å². The van der Waals surface area contributed by atoms with Crippen molar-refractivity contribution < 1.29 is 5.11 Å². The standard InChI is InChI=1S/C12H16ClN3O/c1-2-6-15-12(14)16-8-11(17)9-4-3-5-10(13)7-9/h2-5,7,11,17H,1,6,8H2,(H3,14,15,16). The van der Waals surface area contributed by atoms with Gasteiger partial charge in [-0.2, -0.15) is 0 Å². The Morgan fingerprint density at radius 3 is 3.06 bits per heavy atom. The molecule has 0 heterocycles. The molecule has 0 amide bonds. The predicted octanol–water partition coefficient (Wildman–Crippen LogP) is 1.46. The molecule has 0 spiro atoms. The van der Waals surface area contributed by atoms with Gasteiger partial charge >= 0.3 is 0 Å². The molecule has 0 saturated heterocycles. The molecule has 4 N–H and O–H groups in total. The van der Waals surface area contributed by atoms with Crippen LogP contribution in [0.15, 0.2) is 41.9 Å². The topological polar surface area (TPSA) is 70.6 Å². The minimum Gasteiger partial charge on any atom is -0.386 e. The number of hydrogen-bond acceptors (Lipinski definition) is 2. The maximum Gasteiger partial charge on any atom is 0.188 e. The fourth-order valence-corrected chi connectivity index (χ4v) is 1.44. The van der Waals surface area contributed by atoms with Crippen LogP contribution in [0.4, 0.5) is 0 Å². The summed E-state index contributed by atoms with van der Waals surface area (Å²) < 4.78 is 0. The Balaban J connectivity index is 2.54. The van der Waals surface area contributed by atoms with Gasteiger partial charge in [-0.25, -0.2) is 0 Å². The normalized spacial score (nSPS) is 13.2. The molecule has 0 aliphatic heterocycles. The maximum atomic E-state index is 9.85. The first-order valence-electron chi connectivity index (χ1n) is 5.21. The highest BCUT2D eigenvalue weighted by molar-refractivity contribution is 6.30. The summed E-state index contributed by atoms with van der Waals surface area (Å²) in [5, 5.41) is 13.3. The number of rotatable bonds is 5. The van der Waals surface area contributed by atoms with Gasteiger partial charge in [0.1, 0.15) is 0 Å². The molecule has 5 heteroatoms. The van der Waals surface area contributed by atoms with Crippen molar-refractivity contribution in [2.45, 2.75) is 6.10 Å². The van der Waals surface area contributed by atoms with E-state index in [9.17, 15) is 5.11 Å². The van der Waals surface area contributed by atoms with Crippen molar-refractivity contribution in [3.8, 4) is 0 Å². The molecule has 1 rings (SSSR count). The Bertz CT molecular complexity index is 406. The van der Waals surface area contributed by atoms with Crippen LogP contribution in [0.25, 0.3) is 0 Å². The van der Waals surface area contributed by atoms with Crippen LogP contribution in [0.2, 0.25) is 5.02 Å². The second-order valence-corrected chi connectivity index (χ2v) is 3.90. The van der Waals surface area contributed by atoms with E-state index in [4.69, 9.17) is 17.3 Å². The first-order valence-corrected chi connectivity index (χ1v) is 5.59. The quantitative estimate of drug-likeness (QED) is 0.423. The first-order chi connectivity index (χ1) is 8.13. The van der Waals surface area contributed by atoms with Crippen molar-refractivity contribution in [1.82, 2.24) is 5.32 Å². The smallest absolute Gasteiger partial charge is 0.188 e. The number of nitrogens with zero attached hydrogens (tertiary/aromatic N) is 1. The molecule has 1 aromatic rings. The molecule has 0 aliphatic rings. The SMILES string of the molecule is C=CCNC(N)=NCC(O)c1cccc(Cl)c1. The van der Waals surface area contributed by atoms with Crippen molar-refractivity contribution in [3.05, 3.63) is 47.5 Å². The molecule has 1 atom stereocenters. The second-order valence-electron chi connectivity index (χ2n) is 3.47. The monoisotopic (exact) mass is 253 g/mol. The summed E-state index contributed by atoms with van der Waals surface area (Å²) >= 11 is 5.83. The van der Waals surface area contributed by atoms with E-state index in [0.29, 0.717) is 11.6 Å². The average molecular weight is 254 g/mol. The van der Waals surface area contributed by atoms with Gasteiger partial charge in [-0.3, -0.25) is 4.99 Å². The molecule has 0 aliphatic carbocycles. The minimum absolute atomic E-state index is 0.191. The molecule has 4 nitrogen and oxygen atoms in total. The van der Waals surface area contributed by atoms with E-state index < -0.39 is 6.10 Å². The van der Waals surface area contributed by atoms with Gasteiger partial charge < -0.3 is 16.2 Å². The molecule has 0 bridgehead atoms. The van der Waals surface area contributed by atoms with Gasteiger partial charge in [0.25, 0.3) is 0 Å². The van der Waals surface area contributed by atoms with E-state index in [1.807, 2.05) is 0 Å². The highest BCUT2D eigenvalue weighted by Gasteiger charge is 2.06. The zero-order chi connectivity index (χ0) is 12.7. The highest BCUT2D eigenvalue weighted by atomic mass is 35.5. The molecule has 0 saturated carbocycles. The van der Waals surface area contributed by atoms with E-state index in [2.05, 4.69) is 16.9 Å². The maximum absolute atomic E-state index is 9.85. The number of nitrogens with one attached hydrogen (secondary N) is 1. The van der Waals surface area contributed by atoms with Crippen molar-refractivity contribution >= 4 is 17.6 Å². The van der Waals surface area contributed by atoms with E-state index in [-0.39, 0.29) is 12.5 Å². The fourth-order valence-electron chi connectivity index (χ4n) is 1.24. The Hall–Kier alpha value is -1.52. The Kier molecular flexibility index (Phi) is 5.52. The minimum atomic E-state index is -0.710. The van der Waals surface area contributed by atoms with Crippen LogP contribution in [0, 0.1) is 0 Å². The summed E-state index contributed by atoms with van der Waals surface area (Å²) in [4.78, 5) is 4.01. The summed E-state index contributed by atoms with van der Waals surface area (Å²) in [5.74, 6) is 0.283. The average Bonchev–Trinajstić information content (AvgIpc) is 2.33. The Morgan fingerprint density at radius 1 is 1.65 bits per heavy atom. The lowest BCUT2D eigenvalue weighted by Gasteiger charge is -2.09. The number of halogens is 1. The predicted molar refractivity (Wildman–Crippen MR) is 71.1 cm³/mol. The molecule has 92 valence electrons. The zero-order valence-electron chi connectivity index (χ0n) is 9.44. The van der Waals surface area contributed by atoms with E-state index >= 15 is 0 Å². The first kappa shape index (κ1) is 13.5. The van der Waals surface area contributed by atoms with E-state index in [1.54, 1.807) is 30.3 Å². The number of aliphatic imine (C=N–C) groups is 1. The van der Waals surface area contributed by atoms with Crippen LogP contribution in [0.3, 0.4) is 0 Å². The summed E-state index contributed by atoms with van der Waals surface area (Å²) in [5.41, 5.74) is 6.29. The van der Waals surface area contributed by atoms with Crippen molar-refractivity contribution in [2.75, 3.05) is 13.1 Å². The van der Waals surface area contributed by atoms with Crippen LogP contribution in [-0.2, 0) is 0 Å². The molecule has 0 fully saturated rings. The molecule has 0 aromatic heterocycles. The number of aliphatic hydroxyl groups is 1. The van der Waals surface area contributed by atoms with Gasteiger partial charge in [0.15, 0.2) is 5.96 Å². The molecular weight excluding hydrogens is 238 g/mol. The number of aliphatic hydroxyl groups excluding tert-OH is 1. The van der Waals surface area contributed by atoms with Crippen LogP contribution < -0.4 is 11.1 Å². The number of guanidine groups is 1. The van der Waals surface area contributed by atoms with Crippen LogP contribution in [-0.4, -0.2) is 24.2 Å². The lowest BCUT2D eigenvalue weighted by atomic mass is 10.1. The number of benzene rings is 1. The van der Waals surface area contributed by atoms with Gasteiger partial charge in [-0.05, 0) is 17.7 Å². The molecule has 0 radical (unpaired) electrons. The third-order valence-corrected chi connectivity index (χ3v) is 2.33. The number of nitrogens with two attached hydrogens (primary N) is 1. The van der Waals surface area contributed by atoms with Crippen molar-refractivity contribution in [3.63, 3.8) is 0 Å². The van der Waals surface area contributed by atoms with E-state index in [0.717, 1.165) is 5.56 Å². The van der Waals surface area contributed by atoms with Gasteiger partial charge in [-0.15, -0.1) is 6.58 Å². The lowest BCUT2D eigenvalue weighted by Crippen LogP contribution is -2.32. The number of hydrogen-bond donors (Lipinski definition) is 3. The molecule has 1 unspecified atom stereocenters. The Morgan fingerprint density at radius 2 is 2.41 bits per heavy atom. The zero-order valence-corrected chi connectivity index (χ0v) is 10.2. The largest absolute Gasteiger partial charge is 0.386 e. The molecular formula is C12H16ClN3O. The summed E-state index contributed by atoms with van der Waals surface area (Å²) in [6.45, 7) is 4.28. The van der Waals surface area contributed by atoms with Gasteiger partial charge in [-0.1, -0.05) is 29.8 Å². The molecule has 17 heavy (non-hydrogen) atoms. The summed E-state index contributed by atoms with van der Waals surface area (Å²) in [6, 6.07) is 7.03. The fraction of sp³-hybridized carbons (Fsp3) is 0.250. The van der Waals surface area contributed by atoms with Crippen molar-refractivity contribution in [2.24, 2.45) is 10.7 Å².